The van der Waals surface area contributed by atoms with Gasteiger partial charge < -0.3 is 5.73 Å². The van der Waals surface area contributed by atoms with E-state index < -0.39 is 8.07 Å². The molecule has 15 heavy (non-hydrogen) atoms. The largest absolute Gasteiger partial charge is 0.352 e. The van der Waals surface area contributed by atoms with Crippen molar-refractivity contribution in [2.24, 2.45) is 0 Å². The van der Waals surface area contributed by atoms with Crippen molar-refractivity contribution in [2.75, 3.05) is 0 Å². The molecule has 2 heteroatoms. The van der Waals surface area contributed by atoms with Gasteiger partial charge in [-0.05, 0) is 18.9 Å². The van der Waals surface area contributed by atoms with Gasteiger partial charge in [-0.25, -0.2) is 0 Å². The van der Waals surface area contributed by atoms with Gasteiger partial charge in [0.05, 0.1) is 0 Å². The summed E-state index contributed by atoms with van der Waals surface area (Å²) in [6.07, 6.45) is 11.1. The maximum atomic E-state index is 4.17. The molecule has 0 rings (SSSR count). The summed E-state index contributed by atoms with van der Waals surface area (Å²) in [4.78, 5) is 0. The summed E-state index contributed by atoms with van der Waals surface area (Å²) < 4.78 is 0. The lowest BCUT2D eigenvalue weighted by molar-refractivity contribution is -0.404. The molecule has 0 amide bonds. The molecule has 90 valence electrons. The van der Waals surface area contributed by atoms with Crippen LogP contribution in [0.25, 0.3) is 0 Å². The van der Waals surface area contributed by atoms with Gasteiger partial charge in [0.25, 0.3) is 0 Å². The average Bonchev–Trinajstić information content (AvgIpc) is 2.11. The van der Waals surface area contributed by atoms with Crippen LogP contribution < -0.4 is 5.73 Å². The van der Waals surface area contributed by atoms with Crippen LogP contribution in [0.2, 0.25) is 25.7 Å². The van der Waals surface area contributed by atoms with Crippen LogP contribution in [0.1, 0.15) is 39.0 Å². The van der Waals surface area contributed by atoms with E-state index in [0.29, 0.717) is 6.04 Å². The standard InChI is InChI=1S/C13H29NSi/c1-5-6-7-10-13(14)11-8-9-12-15(2,3)4/h7,10,13H,5-6,8-9,11-12,14H2,1-4H3/p+1/b10-7+. The zero-order valence-corrected chi connectivity index (χ0v) is 12.2. The maximum absolute atomic E-state index is 4.17. The van der Waals surface area contributed by atoms with Crippen molar-refractivity contribution in [3.05, 3.63) is 12.2 Å². The SMILES string of the molecule is CCC/C=C/C([NH3+])CCCC[Si](C)(C)C. The van der Waals surface area contributed by atoms with Crippen LogP contribution in [-0.2, 0) is 0 Å². The van der Waals surface area contributed by atoms with E-state index in [9.17, 15) is 0 Å². The van der Waals surface area contributed by atoms with Crippen molar-refractivity contribution in [1.82, 2.24) is 0 Å². The lowest BCUT2D eigenvalue weighted by atomic mass is 10.1. The molecule has 0 spiro atoms. The molecule has 0 heterocycles. The quantitative estimate of drug-likeness (QED) is 0.374. The first-order chi connectivity index (χ1) is 6.95. The lowest BCUT2D eigenvalue weighted by Gasteiger charge is -2.15. The van der Waals surface area contributed by atoms with Crippen molar-refractivity contribution in [2.45, 2.75) is 70.8 Å². The molecule has 0 aromatic heterocycles. The second kappa shape index (κ2) is 8.11. The monoisotopic (exact) mass is 228 g/mol. The number of hydrogen-bond donors (Lipinski definition) is 1. The molecule has 1 atom stereocenters. The first-order valence-corrected chi connectivity index (χ1v) is 10.2. The molecule has 1 unspecified atom stereocenters. The van der Waals surface area contributed by atoms with Crippen LogP contribution in [-0.4, -0.2) is 14.1 Å². The van der Waals surface area contributed by atoms with E-state index in [1.807, 2.05) is 0 Å². The maximum Gasteiger partial charge on any atom is 0.103 e. The highest BCUT2D eigenvalue weighted by molar-refractivity contribution is 6.76. The normalized spacial score (nSPS) is 14.7. The Kier molecular flexibility index (Phi) is 8.07. The molecule has 0 saturated carbocycles. The number of quaternary nitrogens is 1. The minimum Gasteiger partial charge on any atom is -0.352 e. The number of rotatable bonds is 8. The molecular weight excluding hydrogens is 198 g/mol. The first-order valence-electron chi connectivity index (χ1n) is 6.45. The fraction of sp³-hybridized carbons (Fsp3) is 0.846. The van der Waals surface area contributed by atoms with Crippen LogP contribution in [0.15, 0.2) is 12.2 Å². The summed E-state index contributed by atoms with van der Waals surface area (Å²) in [6, 6.07) is 2.01. The zero-order chi connectivity index (χ0) is 11.7. The van der Waals surface area contributed by atoms with Gasteiger partial charge in [0, 0.05) is 14.5 Å². The molecule has 0 aromatic carbocycles. The Bertz CT molecular complexity index is 170. The predicted octanol–water partition coefficient (Wildman–Crippen LogP) is 3.46. The second-order valence-electron chi connectivity index (χ2n) is 5.78. The zero-order valence-electron chi connectivity index (χ0n) is 11.2. The van der Waals surface area contributed by atoms with Gasteiger partial charge in [-0.3, -0.25) is 0 Å². The molecular formula is C13H30NSi+. The molecule has 0 bridgehead atoms. The Labute approximate surface area is 97.1 Å². The minimum absolute atomic E-state index is 0.540. The fourth-order valence-corrected chi connectivity index (χ4v) is 2.92. The number of hydrogen-bond acceptors (Lipinski definition) is 0. The van der Waals surface area contributed by atoms with E-state index in [2.05, 4.69) is 44.5 Å². The van der Waals surface area contributed by atoms with Gasteiger partial charge in [-0.15, -0.1) is 0 Å². The van der Waals surface area contributed by atoms with Gasteiger partial charge >= 0.3 is 0 Å². The van der Waals surface area contributed by atoms with Crippen molar-refractivity contribution >= 4 is 8.07 Å². The first kappa shape index (κ1) is 14.9. The molecule has 0 fully saturated rings. The highest BCUT2D eigenvalue weighted by Crippen LogP contribution is 2.14. The summed E-state index contributed by atoms with van der Waals surface area (Å²) in [7, 11) is -0.799. The minimum atomic E-state index is -0.799. The van der Waals surface area contributed by atoms with Crippen LogP contribution >= 0.6 is 0 Å². The molecule has 0 aromatic rings. The molecule has 0 aliphatic heterocycles. The third-order valence-electron chi connectivity index (χ3n) is 2.62. The summed E-state index contributed by atoms with van der Waals surface area (Å²) in [5.41, 5.74) is 4.17. The Morgan fingerprint density at radius 1 is 1.20 bits per heavy atom. The number of allylic oxidation sites excluding steroid dienone is 1. The molecule has 1 nitrogen and oxygen atoms in total. The van der Waals surface area contributed by atoms with Gasteiger partial charge in [0.15, 0.2) is 0 Å². The van der Waals surface area contributed by atoms with Crippen molar-refractivity contribution < 1.29 is 5.73 Å². The van der Waals surface area contributed by atoms with Gasteiger partial charge in [-0.1, -0.05) is 51.5 Å². The lowest BCUT2D eigenvalue weighted by Crippen LogP contribution is -2.59. The Morgan fingerprint density at radius 3 is 2.40 bits per heavy atom. The van der Waals surface area contributed by atoms with Crippen LogP contribution in [0.4, 0.5) is 0 Å². The summed E-state index contributed by atoms with van der Waals surface area (Å²) >= 11 is 0. The van der Waals surface area contributed by atoms with E-state index in [1.165, 1.54) is 38.1 Å². The highest BCUT2D eigenvalue weighted by atomic mass is 28.3. The van der Waals surface area contributed by atoms with Crippen LogP contribution in [0.3, 0.4) is 0 Å². The van der Waals surface area contributed by atoms with Gasteiger partial charge in [0.2, 0.25) is 0 Å². The predicted molar refractivity (Wildman–Crippen MR) is 72.7 cm³/mol. The fourth-order valence-electron chi connectivity index (χ4n) is 1.61. The molecule has 0 aliphatic carbocycles. The summed E-state index contributed by atoms with van der Waals surface area (Å²) in [6.45, 7) is 9.58. The molecule has 3 N–H and O–H groups in total. The van der Waals surface area contributed by atoms with E-state index >= 15 is 0 Å². The van der Waals surface area contributed by atoms with Crippen molar-refractivity contribution in [1.29, 1.82) is 0 Å². The molecule has 0 saturated heterocycles. The van der Waals surface area contributed by atoms with Crippen LogP contribution in [0, 0.1) is 0 Å². The number of unbranched alkanes of at least 4 members (excludes halogenated alkanes) is 2. The third-order valence-corrected chi connectivity index (χ3v) is 4.47. The van der Waals surface area contributed by atoms with Gasteiger partial charge in [0.1, 0.15) is 6.04 Å². The summed E-state index contributed by atoms with van der Waals surface area (Å²) in [5.74, 6) is 0. The molecule has 0 radical (unpaired) electrons. The third kappa shape index (κ3) is 11.8. The van der Waals surface area contributed by atoms with E-state index in [4.69, 9.17) is 0 Å². The second-order valence-corrected chi connectivity index (χ2v) is 11.4. The van der Waals surface area contributed by atoms with Crippen molar-refractivity contribution in [3.8, 4) is 0 Å². The van der Waals surface area contributed by atoms with Crippen molar-refractivity contribution in [3.63, 3.8) is 0 Å². The van der Waals surface area contributed by atoms with E-state index in [-0.39, 0.29) is 0 Å². The Hall–Kier alpha value is -0.0831. The van der Waals surface area contributed by atoms with Crippen LogP contribution in [0.5, 0.6) is 0 Å². The van der Waals surface area contributed by atoms with E-state index in [0.717, 1.165) is 0 Å². The van der Waals surface area contributed by atoms with Gasteiger partial charge in [-0.2, -0.15) is 0 Å². The highest BCUT2D eigenvalue weighted by Gasteiger charge is 2.12. The Morgan fingerprint density at radius 2 is 1.87 bits per heavy atom. The van der Waals surface area contributed by atoms with E-state index in [1.54, 1.807) is 0 Å². The molecule has 0 aliphatic rings. The summed E-state index contributed by atoms with van der Waals surface area (Å²) in [5, 5.41) is 0. The average molecular weight is 228 g/mol. The Balaban J connectivity index is 3.43. The smallest absolute Gasteiger partial charge is 0.103 e. The topological polar surface area (TPSA) is 27.6 Å².